The Morgan fingerprint density at radius 1 is 1.11 bits per heavy atom. The molecule has 0 amide bonds. The van der Waals surface area contributed by atoms with Gasteiger partial charge in [0.25, 0.3) is 0 Å². The average molecular weight is 249 g/mol. The van der Waals surface area contributed by atoms with Crippen molar-refractivity contribution in [2.75, 3.05) is 13.7 Å². The molecule has 0 heterocycles. The van der Waals surface area contributed by atoms with Gasteiger partial charge in [-0.3, -0.25) is 0 Å². The fraction of sp³-hybridized carbons (Fsp3) is 0.625. The van der Waals surface area contributed by atoms with Crippen molar-refractivity contribution in [2.45, 2.75) is 46.1 Å². The highest BCUT2D eigenvalue weighted by molar-refractivity contribution is 5.36. The molecule has 102 valence electrons. The van der Waals surface area contributed by atoms with Crippen molar-refractivity contribution in [1.29, 1.82) is 0 Å². The monoisotopic (exact) mass is 249 g/mol. The van der Waals surface area contributed by atoms with Crippen LogP contribution in [0.2, 0.25) is 0 Å². The third-order valence-electron chi connectivity index (χ3n) is 3.55. The van der Waals surface area contributed by atoms with Crippen LogP contribution in [0.1, 0.15) is 51.6 Å². The SMILES string of the molecule is CCCOc1ccccc1C(NC)C(CC)CC. The van der Waals surface area contributed by atoms with E-state index in [-0.39, 0.29) is 0 Å². The topological polar surface area (TPSA) is 21.3 Å². The van der Waals surface area contributed by atoms with E-state index in [4.69, 9.17) is 4.74 Å². The number of nitrogens with one attached hydrogen (secondary N) is 1. The number of hydrogen-bond acceptors (Lipinski definition) is 2. The maximum Gasteiger partial charge on any atom is 0.124 e. The van der Waals surface area contributed by atoms with Crippen molar-refractivity contribution in [1.82, 2.24) is 5.32 Å². The number of hydrogen-bond donors (Lipinski definition) is 1. The molecule has 0 aliphatic rings. The van der Waals surface area contributed by atoms with Gasteiger partial charge in [-0.15, -0.1) is 0 Å². The molecule has 0 radical (unpaired) electrons. The molecule has 0 aliphatic carbocycles. The molecule has 1 N–H and O–H groups in total. The molecule has 1 atom stereocenters. The largest absolute Gasteiger partial charge is 0.493 e. The Labute approximate surface area is 112 Å². The molecule has 18 heavy (non-hydrogen) atoms. The summed E-state index contributed by atoms with van der Waals surface area (Å²) in [5.41, 5.74) is 1.29. The van der Waals surface area contributed by atoms with Gasteiger partial charge < -0.3 is 10.1 Å². The Morgan fingerprint density at radius 2 is 1.78 bits per heavy atom. The van der Waals surface area contributed by atoms with Crippen molar-refractivity contribution in [3.05, 3.63) is 29.8 Å². The predicted molar refractivity (Wildman–Crippen MR) is 78.1 cm³/mol. The molecule has 0 bridgehead atoms. The van der Waals surface area contributed by atoms with Crippen molar-refractivity contribution >= 4 is 0 Å². The fourth-order valence-corrected chi connectivity index (χ4v) is 2.49. The molecular formula is C16H27NO. The smallest absolute Gasteiger partial charge is 0.124 e. The first kappa shape index (κ1) is 15.0. The van der Waals surface area contributed by atoms with Gasteiger partial charge in [0, 0.05) is 11.6 Å². The molecule has 0 saturated heterocycles. The van der Waals surface area contributed by atoms with Crippen LogP contribution >= 0.6 is 0 Å². The summed E-state index contributed by atoms with van der Waals surface area (Å²) in [6, 6.07) is 8.80. The molecule has 1 rings (SSSR count). The normalized spacial score (nSPS) is 12.7. The van der Waals surface area contributed by atoms with Gasteiger partial charge >= 0.3 is 0 Å². The molecule has 2 nitrogen and oxygen atoms in total. The van der Waals surface area contributed by atoms with Gasteiger partial charge in [0.1, 0.15) is 5.75 Å². The maximum absolute atomic E-state index is 5.87. The zero-order chi connectivity index (χ0) is 13.4. The fourth-order valence-electron chi connectivity index (χ4n) is 2.49. The summed E-state index contributed by atoms with van der Waals surface area (Å²) in [7, 11) is 2.04. The Balaban J connectivity index is 2.96. The minimum absolute atomic E-state index is 0.382. The molecule has 1 unspecified atom stereocenters. The first-order valence-electron chi connectivity index (χ1n) is 7.17. The van der Waals surface area contributed by atoms with Gasteiger partial charge in [-0.1, -0.05) is 51.8 Å². The van der Waals surface area contributed by atoms with Gasteiger partial charge in [-0.05, 0) is 25.5 Å². The molecule has 2 heteroatoms. The molecular weight excluding hydrogens is 222 g/mol. The number of rotatable bonds is 8. The van der Waals surface area contributed by atoms with E-state index in [1.807, 2.05) is 13.1 Å². The van der Waals surface area contributed by atoms with E-state index in [0.29, 0.717) is 12.0 Å². The van der Waals surface area contributed by atoms with Crippen LogP contribution in [0, 0.1) is 5.92 Å². The van der Waals surface area contributed by atoms with Crippen LogP contribution in [0.25, 0.3) is 0 Å². The Morgan fingerprint density at radius 3 is 2.33 bits per heavy atom. The highest BCUT2D eigenvalue weighted by Crippen LogP contribution is 2.33. The second-order valence-corrected chi connectivity index (χ2v) is 4.73. The van der Waals surface area contributed by atoms with Crippen LogP contribution in [0.5, 0.6) is 5.75 Å². The van der Waals surface area contributed by atoms with Crippen molar-refractivity contribution in [3.63, 3.8) is 0 Å². The van der Waals surface area contributed by atoms with Gasteiger partial charge in [0.2, 0.25) is 0 Å². The first-order valence-corrected chi connectivity index (χ1v) is 7.17. The second-order valence-electron chi connectivity index (χ2n) is 4.73. The third kappa shape index (κ3) is 3.74. The standard InChI is InChI=1S/C16H27NO/c1-5-12-18-15-11-9-8-10-14(15)16(17-4)13(6-2)7-3/h8-11,13,16-17H,5-7,12H2,1-4H3. The van der Waals surface area contributed by atoms with E-state index < -0.39 is 0 Å². The van der Waals surface area contributed by atoms with Crippen LogP contribution < -0.4 is 10.1 Å². The van der Waals surface area contributed by atoms with Gasteiger partial charge in [0.15, 0.2) is 0 Å². The minimum atomic E-state index is 0.382. The Hall–Kier alpha value is -1.02. The summed E-state index contributed by atoms with van der Waals surface area (Å²) >= 11 is 0. The summed E-state index contributed by atoms with van der Waals surface area (Å²) in [5, 5.41) is 3.46. The second kappa shape index (κ2) is 8.15. The number of benzene rings is 1. The van der Waals surface area contributed by atoms with E-state index in [2.05, 4.69) is 44.3 Å². The van der Waals surface area contributed by atoms with E-state index in [9.17, 15) is 0 Å². The predicted octanol–water partition coefficient (Wildman–Crippen LogP) is 4.17. The van der Waals surface area contributed by atoms with Crippen LogP contribution in [-0.2, 0) is 0 Å². The molecule has 0 spiro atoms. The molecule has 0 fully saturated rings. The van der Waals surface area contributed by atoms with Gasteiger partial charge in [-0.25, -0.2) is 0 Å². The lowest BCUT2D eigenvalue weighted by Crippen LogP contribution is -2.25. The van der Waals surface area contributed by atoms with E-state index in [1.54, 1.807) is 0 Å². The molecule has 0 aromatic heterocycles. The quantitative estimate of drug-likeness (QED) is 0.746. The van der Waals surface area contributed by atoms with Crippen molar-refractivity contribution < 1.29 is 4.74 Å². The van der Waals surface area contributed by atoms with E-state index in [0.717, 1.165) is 18.8 Å². The zero-order valence-corrected chi connectivity index (χ0v) is 12.2. The third-order valence-corrected chi connectivity index (χ3v) is 3.55. The highest BCUT2D eigenvalue weighted by atomic mass is 16.5. The average Bonchev–Trinajstić information content (AvgIpc) is 2.43. The summed E-state index contributed by atoms with van der Waals surface area (Å²) in [6.07, 6.45) is 3.41. The lowest BCUT2D eigenvalue weighted by atomic mass is 9.88. The Bertz CT molecular complexity index is 334. The minimum Gasteiger partial charge on any atom is -0.493 e. The van der Waals surface area contributed by atoms with Gasteiger partial charge in [0.05, 0.1) is 6.61 Å². The summed E-state index contributed by atoms with van der Waals surface area (Å²) < 4.78 is 5.87. The lowest BCUT2D eigenvalue weighted by Gasteiger charge is -2.27. The number of para-hydroxylation sites is 1. The molecule has 1 aromatic rings. The van der Waals surface area contributed by atoms with E-state index >= 15 is 0 Å². The molecule has 0 aliphatic heterocycles. The van der Waals surface area contributed by atoms with E-state index in [1.165, 1.54) is 18.4 Å². The van der Waals surface area contributed by atoms with Crippen molar-refractivity contribution in [2.24, 2.45) is 5.92 Å². The van der Waals surface area contributed by atoms with Crippen LogP contribution in [0.3, 0.4) is 0 Å². The molecule has 0 saturated carbocycles. The summed E-state index contributed by atoms with van der Waals surface area (Å²) in [6.45, 7) is 7.44. The molecule has 1 aromatic carbocycles. The number of ether oxygens (including phenoxy) is 1. The lowest BCUT2D eigenvalue weighted by molar-refractivity contribution is 0.297. The maximum atomic E-state index is 5.87. The summed E-state index contributed by atoms with van der Waals surface area (Å²) in [4.78, 5) is 0. The zero-order valence-electron chi connectivity index (χ0n) is 12.2. The van der Waals surface area contributed by atoms with Gasteiger partial charge in [-0.2, -0.15) is 0 Å². The Kier molecular flexibility index (Phi) is 6.81. The van der Waals surface area contributed by atoms with Crippen LogP contribution in [0.15, 0.2) is 24.3 Å². The highest BCUT2D eigenvalue weighted by Gasteiger charge is 2.21. The van der Waals surface area contributed by atoms with Crippen molar-refractivity contribution in [3.8, 4) is 5.75 Å². The van der Waals surface area contributed by atoms with Crippen LogP contribution in [-0.4, -0.2) is 13.7 Å². The first-order chi connectivity index (χ1) is 8.78. The van der Waals surface area contributed by atoms with Crippen LogP contribution in [0.4, 0.5) is 0 Å². The summed E-state index contributed by atoms with van der Waals surface area (Å²) in [5.74, 6) is 1.69.